The normalized spacial score (nSPS) is 12.0. The molecule has 1 aromatic carbocycles. The molecule has 9 heteroatoms. The van der Waals surface area contributed by atoms with Gasteiger partial charge in [-0.3, -0.25) is 14.6 Å². The third-order valence-corrected chi connectivity index (χ3v) is 3.73. The number of aromatic amines is 2. The van der Waals surface area contributed by atoms with E-state index in [1.165, 1.54) is 0 Å². The maximum atomic E-state index is 12.1. The van der Waals surface area contributed by atoms with Crippen molar-refractivity contribution in [1.82, 2.24) is 15.3 Å². The molecule has 0 aliphatic carbocycles. The summed E-state index contributed by atoms with van der Waals surface area (Å²) in [6.07, 6.45) is 0. The van der Waals surface area contributed by atoms with Crippen LogP contribution in [-0.2, 0) is 0 Å². The Bertz CT molecular complexity index is 890. The Balaban J connectivity index is 1.91. The van der Waals surface area contributed by atoms with Gasteiger partial charge in [0.15, 0.2) is 5.78 Å². The maximum absolute atomic E-state index is 12.1. The van der Waals surface area contributed by atoms with Crippen LogP contribution < -0.4 is 27.0 Å². The fraction of sp³-hybridized carbons (Fsp3) is 0.312. The van der Waals surface area contributed by atoms with Crippen molar-refractivity contribution < 1.29 is 9.53 Å². The highest BCUT2D eigenvalue weighted by atomic mass is 35.5. The average molecular weight is 367 g/mol. The highest BCUT2D eigenvalue weighted by Gasteiger charge is 2.15. The summed E-state index contributed by atoms with van der Waals surface area (Å²) in [7, 11) is 0. The Labute approximate surface area is 148 Å². The van der Waals surface area contributed by atoms with Crippen molar-refractivity contribution in [3.63, 3.8) is 0 Å². The van der Waals surface area contributed by atoms with E-state index in [0.29, 0.717) is 17.4 Å². The first-order valence-corrected chi connectivity index (χ1v) is 7.93. The van der Waals surface area contributed by atoms with Crippen LogP contribution in [0.2, 0.25) is 5.02 Å². The number of hydrogen-bond donors (Lipinski definition) is 4. The first-order chi connectivity index (χ1) is 11.8. The Morgan fingerprint density at radius 3 is 2.76 bits per heavy atom. The molecule has 0 spiro atoms. The quantitative estimate of drug-likeness (QED) is 0.537. The molecule has 0 unspecified atom stereocenters. The topological polar surface area (TPSA) is 130 Å². The number of aromatic nitrogens is 2. The van der Waals surface area contributed by atoms with Crippen LogP contribution in [0.15, 0.2) is 27.8 Å². The Morgan fingerprint density at radius 2 is 2.08 bits per heavy atom. The Kier molecular flexibility index (Phi) is 6.00. The summed E-state index contributed by atoms with van der Waals surface area (Å²) < 4.78 is 5.68. The van der Waals surface area contributed by atoms with E-state index < -0.39 is 17.0 Å². The molecule has 1 heterocycles. The number of rotatable bonds is 7. The summed E-state index contributed by atoms with van der Waals surface area (Å²) in [5.74, 6) is 0.211. The van der Waals surface area contributed by atoms with Crippen LogP contribution >= 0.6 is 11.6 Å². The summed E-state index contributed by atoms with van der Waals surface area (Å²) in [6, 6.07) is 5.15. The SMILES string of the molecule is Cc1cc(Cl)ccc1OC[C@@H](C)NCC(=O)c1[nH]c(=O)[nH]c(=O)c1N. The highest BCUT2D eigenvalue weighted by molar-refractivity contribution is 6.30. The van der Waals surface area contributed by atoms with Crippen molar-refractivity contribution >= 4 is 23.1 Å². The van der Waals surface area contributed by atoms with E-state index >= 15 is 0 Å². The minimum absolute atomic E-state index is 0.103. The molecule has 8 nitrogen and oxygen atoms in total. The number of hydrogen-bond acceptors (Lipinski definition) is 6. The van der Waals surface area contributed by atoms with Gasteiger partial charge in [-0.25, -0.2) is 4.79 Å². The first kappa shape index (κ1) is 18.8. The van der Waals surface area contributed by atoms with Gasteiger partial charge < -0.3 is 20.8 Å². The molecule has 25 heavy (non-hydrogen) atoms. The Hall–Kier alpha value is -2.58. The van der Waals surface area contributed by atoms with Gasteiger partial charge in [-0.15, -0.1) is 0 Å². The molecular weight excluding hydrogens is 348 g/mol. The van der Waals surface area contributed by atoms with Gasteiger partial charge >= 0.3 is 5.69 Å². The number of Topliss-reactive ketones (excluding diaryl/α,β-unsaturated/α-hetero) is 1. The zero-order valence-electron chi connectivity index (χ0n) is 13.8. The van der Waals surface area contributed by atoms with Crippen molar-refractivity contribution in [2.24, 2.45) is 0 Å². The lowest BCUT2D eigenvalue weighted by Crippen LogP contribution is -2.37. The predicted octanol–water partition coefficient (Wildman–Crippen LogP) is 0.847. The second-order valence-corrected chi connectivity index (χ2v) is 6.06. The van der Waals surface area contributed by atoms with Gasteiger partial charge in [0.1, 0.15) is 23.7 Å². The largest absolute Gasteiger partial charge is 0.492 e. The summed E-state index contributed by atoms with van der Waals surface area (Å²) in [5, 5.41) is 3.59. The molecular formula is C16H19ClN4O4. The van der Waals surface area contributed by atoms with E-state index in [-0.39, 0.29) is 24.0 Å². The number of nitrogen functional groups attached to an aromatic ring is 1. The van der Waals surface area contributed by atoms with Gasteiger partial charge in [0.2, 0.25) is 0 Å². The molecule has 0 radical (unpaired) electrons. The zero-order chi connectivity index (χ0) is 18.6. The van der Waals surface area contributed by atoms with Gasteiger partial charge in [-0.1, -0.05) is 11.6 Å². The number of halogens is 1. The summed E-state index contributed by atoms with van der Waals surface area (Å²) >= 11 is 5.89. The second-order valence-electron chi connectivity index (χ2n) is 5.62. The van der Waals surface area contributed by atoms with Gasteiger partial charge in [0.25, 0.3) is 5.56 Å². The molecule has 0 saturated carbocycles. The van der Waals surface area contributed by atoms with Crippen LogP contribution in [0, 0.1) is 6.92 Å². The standard InChI is InChI=1S/C16H19ClN4O4/c1-8-5-10(17)3-4-12(8)25-7-9(2)19-6-11(22)14-13(18)15(23)21-16(24)20-14/h3-5,9,19H,6-7,18H2,1-2H3,(H2,20,21,23,24)/t9-/m1/s1. The van der Waals surface area contributed by atoms with Crippen LogP contribution in [0.3, 0.4) is 0 Å². The van der Waals surface area contributed by atoms with E-state index in [2.05, 4.69) is 10.3 Å². The number of anilines is 1. The lowest BCUT2D eigenvalue weighted by Gasteiger charge is -2.16. The highest BCUT2D eigenvalue weighted by Crippen LogP contribution is 2.21. The van der Waals surface area contributed by atoms with E-state index in [1.807, 2.05) is 18.8 Å². The predicted molar refractivity (Wildman–Crippen MR) is 95.6 cm³/mol. The lowest BCUT2D eigenvalue weighted by atomic mass is 10.2. The van der Waals surface area contributed by atoms with E-state index in [1.54, 1.807) is 18.2 Å². The zero-order valence-corrected chi connectivity index (χ0v) is 14.6. The van der Waals surface area contributed by atoms with Crippen molar-refractivity contribution in [3.05, 3.63) is 55.3 Å². The van der Waals surface area contributed by atoms with E-state index in [4.69, 9.17) is 22.1 Å². The molecule has 0 aliphatic heterocycles. The number of nitrogens with two attached hydrogens (primary N) is 1. The molecule has 1 aromatic heterocycles. The van der Waals surface area contributed by atoms with Crippen molar-refractivity contribution in [1.29, 1.82) is 0 Å². The number of ketones is 1. The molecule has 0 fully saturated rings. The monoisotopic (exact) mass is 366 g/mol. The fourth-order valence-electron chi connectivity index (χ4n) is 2.12. The number of benzene rings is 1. The van der Waals surface area contributed by atoms with Gasteiger partial charge in [0.05, 0.1) is 6.54 Å². The first-order valence-electron chi connectivity index (χ1n) is 7.55. The summed E-state index contributed by atoms with van der Waals surface area (Å²) in [5.41, 5.74) is 4.34. The third kappa shape index (κ3) is 4.94. The molecule has 2 rings (SSSR count). The fourth-order valence-corrected chi connectivity index (χ4v) is 2.35. The lowest BCUT2D eigenvalue weighted by molar-refractivity contribution is 0.0980. The third-order valence-electron chi connectivity index (χ3n) is 3.50. The molecule has 0 amide bonds. The minimum Gasteiger partial charge on any atom is -0.492 e. The van der Waals surface area contributed by atoms with Crippen molar-refractivity contribution in [2.45, 2.75) is 19.9 Å². The van der Waals surface area contributed by atoms with Crippen LogP contribution in [0.25, 0.3) is 0 Å². The van der Waals surface area contributed by atoms with Gasteiger partial charge in [-0.2, -0.15) is 0 Å². The molecule has 0 bridgehead atoms. The Morgan fingerprint density at radius 1 is 1.36 bits per heavy atom. The molecule has 2 aromatic rings. The number of carbonyl (C=O) groups excluding carboxylic acids is 1. The molecule has 1 atom stereocenters. The molecule has 134 valence electrons. The van der Waals surface area contributed by atoms with Crippen LogP contribution in [-0.4, -0.2) is 34.9 Å². The number of carbonyl (C=O) groups is 1. The van der Waals surface area contributed by atoms with Crippen molar-refractivity contribution in [3.8, 4) is 5.75 Å². The summed E-state index contributed by atoms with van der Waals surface area (Å²) in [6.45, 7) is 3.93. The van der Waals surface area contributed by atoms with Crippen LogP contribution in [0.4, 0.5) is 5.69 Å². The molecule has 0 saturated heterocycles. The molecule has 0 aliphatic rings. The number of ether oxygens (including phenoxy) is 1. The number of H-pyrrole nitrogens is 2. The van der Waals surface area contributed by atoms with E-state index in [0.717, 1.165) is 5.56 Å². The van der Waals surface area contributed by atoms with Crippen LogP contribution in [0.5, 0.6) is 5.75 Å². The molecule has 5 N–H and O–H groups in total. The smallest absolute Gasteiger partial charge is 0.326 e. The second kappa shape index (κ2) is 8.00. The number of aryl methyl sites for hydroxylation is 1. The average Bonchev–Trinajstić information content (AvgIpc) is 2.55. The van der Waals surface area contributed by atoms with Crippen molar-refractivity contribution in [2.75, 3.05) is 18.9 Å². The summed E-state index contributed by atoms with van der Waals surface area (Å²) in [4.78, 5) is 39.0. The van der Waals surface area contributed by atoms with Crippen LogP contribution in [0.1, 0.15) is 23.0 Å². The minimum atomic E-state index is -0.790. The van der Waals surface area contributed by atoms with Gasteiger partial charge in [-0.05, 0) is 37.6 Å². The number of nitrogens with one attached hydrogen (secondary N) is 3. The van der Waals surface area contributed by atoms with Gasteiger partial charge in [0, 0.05) is 11.1 Å². The van der Waals surface area contributed by atoms with E-state index in [9.17, 15) is 14.4 Å². The maximum Gasteiger partial charge on any atom is 0.326 e.